The smallest absolute Gasteiger partial charge is 0.253 e. The molecule has 1 aliphatic heterocycles. The van der Waals surface area contributed by atoms with E-state index < -0.39 is 5.41 Å². The molecule has 1 aromatic rings. The average Bonchev–Trinajstić information content (AvgIpc) is 2.61. The quantitative estimate of drug-likeness (QED) is 0.764. The number of nitrogens with one attached hydrogen (secondary N) is 2. The van der Waals surface area contributed by atoms with Gasteiger partial charge in [-0.05, 0) is 37.5 Å². The lowest BCUT2D eigenvalue weighted by Gasteiger charge is -2.30. The van der Waals surface area contributed by atoms with Crippen LogP contribution in [0.4, 0.5) is 11.4 Å². The molecule has 0 unspecified atom stereocenters. The van der Waals surface area contributed by atoms with Gasteiger partial charge in [0.2, 0.25) is 5.91 Å². The first-order valence-electron chi connectivity index (χ1n) is 9.30. The number of benzene rings is 1. The predicted octanol–water partition coefficient (Wildman–Crippen LogP) is 3.04. The molecule has 0 atom stereocenters. The van der Waals surface area contributed by atoms with Gasteiger partial charge in [0.15, 0.2) is 0 Å². The SMILES string of the molecule is COCCNC(=O)c1cc(NC(=O)C(C)(C)C)ccc1N1CCCCC1. The Hall–Kier alpha value is -2.08. The Morgan fingerprint density at radius 3 is 2.46 bits per heavy atom. The molecule has 2 amide bonds. The number of methoxy groups -OCH3 is 1. The first-order valence-corrected chi connectivity index (χ1v) is 9.30. The van der Waals surface area contributed by atoms with Crippen LogP contribution in [0, 0.1) is 5.41 Å². The summed E-state index contributed by atoms with van der Waals surface area (Å²) < 4.78 is 5.01. The molecule has 0 radical (unpaired) electrons. The predicted molar refractivity (Wildman–Crippen MR) is 105 cm³/mol. The molecular formula is C20H31N3O3. The minimum atomic E-state index is -0.494. The molecule has 1 saturated heterocycles. The average molecular weight is 361 g/mol. The number of amides is 2. The van der Waals surface area contributed by atoms with Gasteiger partial charge in [0.05, 0.1) is 12.2 Å². The fraction of sp³-hybridized carbons (Fsp3) is 0.600. The topological polar surface area (TPSA) is 70.7 Å². The number of carbonyl (C=O) groups is 2. The number of hydrogen-bond donors (Lipinski definition) is 2. The van der Waals surface area contributed by atoms with Crippen molar-refractivity contribution in [1.82, 2.24) is 5.32 Å². The monoisotopic (exact) mass is 361 g/mol. The van der Waals surface area contributed by atoms with Gasteiger partial charge in [0.1, 0.15) is 0 Å². The highest BCUT2D eigenvalue weighted by atomic mass is 16.5. The molecule has 6 nitrogen and oxygen atoms in total. The molecule has 0 bridgehead atoms. The van der Waals surface area contributed by atoms with E-state index in [0.717, 1.165) is 31.6 Å². The van der Waals surface area contributed by atoms with Crippen molar-refractivity contribution in [3.63, 3.8) is 0 Å². The highest BCUT2D eigenvalue weighted by molar-refractivity contribution is 6.02. The van der Waals surface area contributed by atoms with Crippen molar-refractivity contribution < 1.29 is 14.3 Å². The molecule has 144 valence electrons. The summed E-state index contributed by atoms with van der Waals surface area (Å²) in [6.45, 7) is 8.41. The minimum absolute atomic E-state index is 0.0750. The van der Waals surface area contributed by atoms with Crippen LogP contribution in [0.3, 0.4) is 0 Å². The summed E-state index contributed by atoms with van der Waals surface area (Å²) in [6.07, 6.45) is 3.49. The summed E-state index contributed by atoms with van der Waals surface area (Å²) >= 11 is 0. The number of carbonyl (C=O) groups excluding carboxylic acids is 2. The van der Waals surface area contributed by atoms with Crippen molar-refractivity contribution in [2.45, 2.75) is 40.0 Å². The van der Waals surface area contributed by atoms with Crippen LogP contribution in [0.2, 0.25) is 0 Å². The Morgan fingerprint density at radius 1 is 1.15 bits per heavy atom. The third kappa shape index (κ3) is 5.46. The molecule has 26 heavy (non-hydrogen) atoms. The summed E-state index contributed by atoms with van der Waals surface area (Å²) in [6, 6.07) is 5.59. The third-order valence-electron chi connectivity index (χ3n) is 4.47. The second-order valence-electron chi connectivity index (χ2n) is 7.73. The van der Waals surface area contributed by atoms with Crippen LogP contribution in [0.1, 0.15) is 50.4 Å². The van der Waals surface area contributed by atoms with Gasteiger partial charge in [-0.3, -0.25) is 9.59 Å². The molecular weight excluding hydrogens is 330 g/mol. The number of rotatable bonds is 6. The number of nitrogens with zero attached hydrogens (tertiary/aromatic N) is 1. The van der Waals surface area contributed by atoms with Crippen LogP contribution in [0.15, 0.2) is 18.2 Å². The van der Waals surface area contributed by atoms with Crippen LogP contribution in [0.25, 0.3) is 0 Å². The van der Waals surface area contributed by atoms with Gasteiger partial charge < -0.3 is 20.3 Å². The van der Waals surface area contributed by atoms with Gasteiger partial charge in [0.25, 0.3) is 5.91 Å². The highest BCUT2D eigenvalue weighted by Crippen LogP contribution is 2.28. The molecule has 0 spiro atoms. The molecule has 1 heterocycles. The van der Waals surface area contributed by atoms with E-state index in [1.807, 2.05) is 32.9 Å². The maximum atomic E-state index is 12.7. The first kappa shape index (κ1) is 20.2. The van der Waals surface area contributed by atoms with E-state index in [4.69, 9.17) is 4.74 Å². The van der Waals surface area contributed by atoms with Crippen molar-refractivity contribution in [2.75, 3.05) is 43.6 Å². The molecule has 1 aromatic carbocycles. The second-order valence-corrected chi connectivity index (χ2v) is 7.73. The number of ether oxygens (including phenoxy) is 1. The van der Waals surface area contributed by atoms with Crippen LogP contribution < -0.4 is 15.5 Å². The van der Waals surface area contributed by atoms with Crippen molar-refractivity contribution in [1.29, 1.82) is 0 Å². The third-order valence-corrected chi connectivity index (χ3v) is 4.47. The molecule has 2 N–H and O–H groups in total. The minimum Gasteiger partial charge on any atom is -0.383 e. The zero-order valence-electron chi connectivity index (χ0n) is 16.4. The Labute approximate surface area is 156 Å². The molecule has 0 aromatic heterocycles. The van der Waals surface area contributed by atoms with Crippen molar-refractivity contribution in [3.05, 3.63) is 23.8 Å². The molecule has 0 saturated carbocycles. The second kappa shape index (κ2) is 9.03. The molecule has 1 fully saturated rings. The van der Waals surface area contributed by atoms with Crippen molar-refractivity contribution >= 4 is 23.2 Å². The van der Waals surface area contributed by atoms with E-state index in [9.17, 15) is 9.59 Å². The highest BCUT2D eigenvalue weighted by Gasteiger charge is 2.23. The van der Waals surface area contributed by atoms with Gasteiger partial charge in [0, 0.05) is 43.5 Å². The van der Waals surface area contributed by atoms with Crippen LogP contribution in [-0.2, 0) is 9.53 Å². The number of piperidine rings is 1. The summed E-state index contributed by atoms with van der Waals surface area (Å²) in [7, 11) is 1.61. The lowest BCUT2D eigenvalue weighted by Crippen LogP contribution is -2.34. The van der Waals surface area contributed by atoms with E-state index in [1.165, 1.54) is 6.42 Å². The Kier molecular flexibility index (Phi) is 7.03. The summed E-state index contributed by atoms with van der Waals surface area (Å²) in [4.78, 5) is 27.2. The van der Waals surface area contributed by atoms with Gasteiger partial charge in [-0.25, -0.2) is 0 Å². The zero-order valence-corrected chi connectivity index (χ0v) is 16.4. The Balaban J connectivity index is 2.26. The summed E-state index contributed by atoms with van der Waals surface area (Å²) in [5.41, 5.74) is 1.66. The van der Waals surface area contributed by atoms with E-state index >= 15 is 0 Å². The van der Waals surface area contributed by atoms with Crippen LogP contribution in [-0.4, -0.2) is 45.2 Å². The summed E-state index contributed by atoms with van der Waals surface area (Å²) in [5.74, 6) is -0.219. The maximum Gasteiger partial charge on any atom is 0.253 e. The number of hydrogen-bond acceptors (Lipinski definition) is 4. The van der Waals surface area contributed by atoms with E-state index in [1.54, 1.807) is 13.2 Å². The van der Waals surface area contributed by atoms with E-state index in [2.05, 4.69) is 15.5 Å². The molecule has 0 aliphatic carbocycles. The van der Waals surface area contributed by atoms with Gasteiger partial charge in [-0.2, -0.15) is 0 Å². The van der Waals surface area contributed by atoms with Crippen LogP contribution >= 0.6 is 0 Å². The van der Waals surface area contributed by atoms with Gasteiger partial charge >= 0.3 is 0 Å². The number of anilines is 2. The maximum absolute atomic E-state index is 12.7. The van der Waals surface area contributed by atoms with E-state index in [0.29, 0.717) is 24.4 Å². The fourth-order valence-electron chi connectivity index (χ4n) is 2.89. The van der Waals surface area contributed by atoms with Gasteiger partial charge in [-0.15, -0.1) is 0 Å². The fourth-order valence-corrected chi connectivity index (χ4v) is 2.89. The normalized spacial score (nSPS) is 14.8. The van der Waals surface area contributed by atoms with Crippen molar-refractivity contribution in [2.24, 2.45) is 5.41 Å². The zero-order chi connectivity index (χ0) is 19.2. The standard InChI is InChI=1S/C20H31N3O3/c1-20(2,3)19(25)22-15-8-9-17(23-11-6-5-7-12-23)16(14-15)18(24)21-10-13-26-4/h8-9,14H,5-7,10-13H2,1-4H3,(H,21,24)(H,22,25). The molecule has 1 aliphatic rings. The first-order chi connectivity index (χ1) is 12.3. The molecule has 6 heteroatoms. The van der Waals surface area contributed by atoms with Crippen LogP contribution in [0.5, 0.6) is 0 Å². The van der Waals surface area contributed by atoms with E-state index in [-0.39, 0.29) is 11.8 Å². The van der Waals surface area contributed by atoms with Crippen molar-refractivity contribution in [3.8, 4) is 0 Å². The summed E-state index contributed by atoms with van der Waals surface area (Å²) in [5, 5.41) is 5.80. The lowest BCUT2D eigenvalue weighted by atomic mass is 9.95. The molecule has 2 rings (SSSR count). The Morgan fingerprint density at radius 2 is 1.85 bits per heavy atom. The van der Waals surface area contributed by atoms with Gasteiger partial charge in [-0.1, -0.05) is 20.8 Å². The Bertz CT molecular complexity index is 632. The lowest BCUT2D eigenvalue weighted by molar-refractivity contribution is -0.123. The largest absolute Gasteiger partial charge is 0.383 e.